The number of carbonyl (C=O) groups is 2. The van der Waals surface area contributed by atoms with Crippen molar-refractivity contribution in [3.63, 3.8) is 0 Å². The highest BCUT2D eigenvalue weighted by Gasteiger charge is 2.43. The molecule has 1 heterocycles. The van der Waals surface area contributed by atoms with E-state index in [9.17, 15) is 22.8 Å². The number of alkyl halides is 3. The third-order valence-electron chi connectivity index (χ3n) is 6.90. The van der Waals surface area contributed by atoms with Crippen molar-refractivity contribution in [2.75, 3.05) is 13.7 Å². The molecule has 6 nitrogen and oxygen atoms in total. The summed E-state index contributed by atoms with van der Waals surface area (Å²) in [5.41, 5.74) is 2.29. The minimum Gasteiger partial charge on any atom is -0.493 e. The summed E-state index contributed by atoms with van der Waals surface area (Å²) < 4.78 is 56.0. The molecule has 1 N–H and O–H groups in total. The quantitative estimate of drug-likeness (QED) is 0.404. The van der Waals surface area contributed by atoms with Gasteiger partial charge in [-0.3, -0.25) is 4.79 Å². The third kappa shape index (κ3) is 5.97. The number of allylic oxidation sites excluding steroid dienone is 3. The summed E-state index contributed by atoms with van der Waals surface area (Å²) in [6.45, 7) is 7.65. The van der Waals surface area contributed by atoms with Gasteiger partial charge in [0.25, 0.3) is 0 Å². The van der Waals surface area contributed by atoms with Crippen molar-refractivity contribution in [3.8, 4) is 11.5 Å². The van der Waals surface area contributed by atoms with Crippen molar-refractivity contribution in [2.45, 2.75) is 59.2 Å². The zero-order valence-corrected chi connectivity index (χ0v) is 22.6. The molecule has 0 saturated heterocycles. The van der Waals surface area contributed by atoms with Crippen LogP contribution in [0.5, 0.6) is 11.5 Å². The molecule has 1 aliphatic carbocycles. The fourth-order valence-corrected chi connectivity index (χ4v) is 5.23. The van der Waals surface area contributed by atoms with Crippen molar-refractivity contribution in [2.24, 2.45) is 5.41 Å². The first kappa shape index (κ1) is 28.3. The zero-order valence-electron chi connectivity index (χ0n) is 22.6. The van der Waals surface area contributed by atoms with Gasteiger partial charge in [-0.1, -0.05) is 32.0 Å². The molecule has 0 amide bonds. The molecule has 208 valence electrons. The van der Waals surface area contributed by atoms with Gasteiger partial charge in [-0.2, -0.15) is 13.2 Å². The fourth-order valence-electron chi connectivity index (χ4n) is 5.23. The number of hydrogen-bond acceptors (Lipinski definition) is 6. The summed E-state index contributed by atoms with van der Waals surface area (Å²) in [4.78, 5) is 26.5. The maximum atomic E-state index is 13.4. The Kier molecular flexibility index (Phi) is 7.82. The summed E-state index contributed by atoms with van der Waals surface area (Å²) in [6, 6.07) is 10.0. The lowest BCUT2D eigenvalue weighted by Gasteiger charge is -2.39. The number of nitrogens with one attached hydrogen (secondary N) is 1. The van der Waals surface area contributed by atoms with Crippen molar-refractivity contribution in [1.29, 1.82) is 0 Å². The van der Waals surface area contributed by atoms with Crippen LogP contribution in [-0.4, -0.2) is 25.5 Å². The number of halogens is 3. The number of ether oxygens (including phenoxy) is 3. The Labute approximate surface area is 225 Å². The molecule has 4 rings (SSSR count). The highest BCUT2D eigenvalue weighted by Crippen LogP contribution is 2.48. The monoisotopic (exact) mass is 543 g/mol. The number of esters is 1. The Morgan fingerprint density at radius 1 is 1.10 bits per heavy atom. The van der Waals surface area contributed by atoms with E-state index in [1.54, 1.807) is 38.1 Å². The molecule has 39 heavy (non-hydrogen) atoms. The Bertz CT molecular complexity index is 1360. The van der Waals surface area contributed by atoms with Gasteiger partial charge < -0.3 is 19.5 Å². The lowest BCUT2D eigenvalue weighted by Crippen LogP contribution is -2.38. The van der Waals surface area contributed by atoms with Crippen LogP contribution >= 0.6 is 0 Å². The Balaban J connectivity index is 1.71. The summed E-state index contributed by atoms with van der Waals surface area (Å²) in [7, 11) is 1.45. The SMILES string of the molecule is CCOC(=O)C1=C(C)NC2=C(C(=O)CC(C)(C)C2)[C@@H]1c1ccc(OCc2cccc(C(F)(F)F)c2)c(OC)c1. The van der Waals surface area contributed by atoms with Crippen LogP contribution in [0.1, 0.15) is 63.1 Å². The van der Waals surface area contributed by atoms with Gasteiger partial charge in [-0.05, 0) is 61.1 Å². The van der Waals surface area contributed by atoms with Crippen LogP contribution < -0.4 is 14.8 Å². The number of benzene rings is 2. The van der Waals surface area contributed by atoms with E-state index >= 15 is 0 Å². The summed E-state index contributed by atoms with van der Waals surface area (Å²) >= 11 is 0. The number of Topliss-reactive ketones (excluding diaryl/α,β-unsaturated/α-hetero) is 1. The van der Waals surface area contributed by atoms with Gasteiger partial charge in [0.1, 0.15) is 6.61 Å². The van der Waals surface area contributed by atoms with Gasteiger partial charge in [0, 0.05) is 29.3 Å². The Morgan fingerprint density at radius 3 is 2.51 bits per heavy atom. The zero-order chi connectivity index (χ0) is 28.5. The van der Waals surface area contributed by atoms with Crippen molar-refractivity contribution in [3.05, 3.63) is 81.7 Å². The molecule has 0 saturated carbocycles. The Hall–Kier alpha value is -3.75. The predicted octanol–water partition coefficient (Wildman–Crippen LogP) is 6.46. The fraction of sp³-hybridized carbons (Fsp3) is 0.400. The predicted molar refractivity (Wildman–Crippen MR) is 139 cm³/mol. The molecule has 2 aromatic carbocycles. The van der Waals surface area contributed by atoms with E-state index in [2.05, 4.69) is 5.32 Å². The highest BCUT2D eigenvalue weighted by atomic mass is 19.4. The van der Waals surface area contributed by atoms with Gasteiger partial charge >= 0.3 is 12.1 Å². The van der Waals surface area contributed by atoms with E-state index in [1.807, 2.05) is 13.8 Å². The minimum absolute atomic E-state index is 0.0445. The average molecular weight is 544 g/mol. The molecule has 2 aromatic rings. The van der Waals surface area contributed by atoms with Crippen LogP contribution in [0.15, 0.2) is 65.0 Å². The molecule has 0 aromatic heterocycles. The molecular weight excluding hydrogens is 511 g/mol. The number of hydrogen-bond donors (Lipinski definition) is 1. The largest absolute Gasteiger partial charge is 0.493 e. The first-order valence-electron chi connectivity index (χ1n) is 12.7. The van der Waals surface area contributed by atoms with E-state index < -0.39 is 23.6 Å². The van der Waals surface area contributed by atoms with Crippen LogP contribution in [0.2, 0.25) is 0 Å². The summed E-state index contributed by atoms with van der Waals surface area (Å²) in [5.74, 6) is -0.589. The molecule has 1 atom stereocenters. The number of carbonyl (C=O) groups excluding carboxylic acids is 2. The molecule has 0 fully saturated rings. The smallest absolute Gasteiger partial charge is 0.416 e. The lowest BCUT2D eigenvalue weighted by molar-refractivity contribution is -0.139. The van der Waals surface area contributed by atoms with Gasteiger partial charge in [0.2, 0.25) is 0 Å². The second kappa shape index (κ2) is 10.8. The van der Waals surface area contributed by atoms with Crippen molar-refractivity contribution >= 4 is 11.8 Å². The van der Waals surface area contributed by atoms with Gasteiger partial charge in [-0.25, -0.2) is 4.79 Å². The maximum absolute atomic E-state index is 13.4. The van der Waals surface area contributed by atoms with E-state index in [4.69, 9.17) is 14.2 Å². The first-order valence-corrected chi connectivity index (χ1v) is 12.7. The topological polar surface area (TPSA) is 73.9 Å². The van der Waals surface area contributed by atoms with Crippen LogP contribution in [0.25, 0.3) is 0 Å². The van der Waals surface area contributed by atoms with E-state index in [1.165, 1.54) is 13.2 Å². The van der Waals surface area contributed by atoms with E-state index in [-0.39, 0.29) is 24.4 Å². The maximum Gasteiger partial charge on any atom is 0.416 e. The first-order chi connectivity index (χ1) is 18.3. The second-order valence-corrected chi connectivity index (χ2v) is 10.5. The number of ketones is 1. The van der Waals surface area contributed by atoms with Gasteiger partial charge in [-0.15, -0.1) is 0 Å². The van der Waals surface area contributed by atoms with E-state index in [0.29, 0.717) is 52.3 Å². The molecule has 0 spiro atoms. The summed E-state index contributed by atoms with van der Waals surface area (Å²) in [5, 5.41) is 3.29. The van der Waals surface area contributed by atoms with Gasteiger partial charge in [0.05, 0.1) is 24.9 Å². The lowest BCUT2D eigenvalue weighted by atomic mass is 9.68. The van der Waals surface area contributed by atoms with Crippen LogP contribution in [0.4, 0.5) is 13.2 Å². The molecular formula is C30H32F3NO5. The third-order valence-corrected chi connectivity index (χ3v) is 6.90. The molecule has 1 aliphatic heterocycles. The molecule has 0 bridgehead atoms. The summed E-state index contributed by atoms with van der Waals surface area (Å²) in [6.07, 6.45) is -3.46. The van der Waals surface area contributed by atoms with Crippen LogP contribution in [0, 0.1) is 5.41 Å². The number of methoxy groups -OCH3 is 1. The van der Waals surface area contributed by atoms with Crippen molar-refractivity contribution < 1.29 is 37.0 Å². The average Bonchev–Trinajstić information content (AvgIpc) is 2.85. The second-order valence-electron chi connectivity index (χ2n) is 10.5. The molecule has 0 unspecified atom stereocenters. The standard InChI is InChI=1S/C30H32F3NO5/c1-6-38-28(36)25-17(2)34-21-14-29(3,4)15-22(35)27(21)26(25)19-10-11-23(24(13-19)37-5)39-16-18-8-7-9-20(12-18)30(31,32)33/h7-13,26,34H,6,14-16H2,1-5H3/t26-/m1/s1. The Morgan fingerprint density at radius 2 is 1.85 bits per heavy atom. The van der Waals surface area contributed by atoms with Crippen molar-refractivity contribution in [1.82, 2.24) is 5.32 Å². The highest BCUT2D eigenvalue weighted by molar-refractivity contribution is 6.04. The normalized spacial score (nSPS) is 18.9. The van der Waals surface area contributed by atoms with Gasteiger partial charge in [0.15, 0.2) is 17.3 Å². The molecule has 2 aliphatic rings. The number of rotatable bonds is 7. The van der Waals surface area contributed by atoms with E-state index in [0.717, 1.165) is 17.8 Å². The van der Waals surface area contributed by atoms with Crippen LogP contribution in [0.3, 0.4) is 0 Å². The minimum atomic E-state index is -4.45. The molecule has 0 radical (unpaired) electrons. The van der Waals surface area contributed by atoms with Crippen LogP contribution in [-0.2, 0) is 27.1 Å². The number of dihydropyridines is 1. The molecule has 9 heteroatoms.